The molecule has 17 heavy (non-hydrogen) atoms. The molecule has 0 aliphatic carbocycles. The Balaban J connectivity index is 2.29. The van der Waals surface area contributed by atoms with Crippen LogP contribution in [-0.4, -0.2) is 23.1 Å². The maximum absolute atomic E-state index is 12.0. The Kier molecular flexibility index (Phi) is 3.05. The SMILES string of the molecule is CC(C)(C)OC(=O)c1nccc2c1CCCN2. The number of rotatable bonds is 1. The Hall–Kier alpha value is -1.58. The Morgan fingerprint density at radius 1 is 1.47 bits per heavy atom. The van der Waals surface area contributed by atoms with E-state index in [9.17, 15) is 4.79 Å². The quantitative estimate of drug-likeness (QED) is 0.758. The summed E-state index contributed by atoms with van der Waals surface area (Å²) in [6.45, 7) is 6.53. The summed E-state index contributed by atoms with van der Waals surface area (Å²) in [7, 11) is 0. The van der Waals surface area contributed by atoms with Crippen molar-refractivity contribution in [2.24, 2.45) is 0 Å². The van der Waals surface area contributed by atoms with E-state index in [1.54, 1.807) is 6.20 Å². The Morgan fingerprint density at radius 2 is 2.24 bits per heavy atom. The summed E-state index contributed by atoms with van der Waals surface area (Å²) >= 11 is 0. The van der Waals surface area contributed by atoms with Gasteiger partial charge in [0.05, 0.1) is 0 Å². The van der Waals surface area contributed by atoms with Gasteiger partial charge >= 0.3 is 5.97 Å². The summed E-state index contributed by atoms with van der Waals surface area (Å²) in [6, 6.07) is 1.91. The second-order valence-corrected chi connectivity index (χ2v) is 5.22. The molecule has 4 nitrogen and oxygen atoms in total. The lowest BCUT2D eigenvalue weighted by molar-refractivity contribution is 0.00615. The number of esters is 1. The van der Waals surface area contributed by atoms with Crippen LogP contribution in [0.2, 0.25) is 0 Å². The molecule has 1 aliphatic heterocycles. The van der Waals surface area contributed by atoms with Crippen molar-refractivity contribution in [3.8, 4) is 0 Å². The fourth-order valence-corrected chi connectivity index (χ4v) is 1.90. The van der Waals surface area contributed by atoms with Crippen molar-refractivity contribution >= 4 is 11.7 Å². The van der Waals surface area contributed by atoms with Crippen LogP contribution in [0.4, 0.5) is 5.69 Å². The summed E-state index contributed by atoms with van der Waals surface area (Å²) < 4.78 is 5.36. The first-order valence-corrected chi connectivity index (χ1v) is 5.92. The molecule has 2 rings (SSSR count). The largest absolute Gasteiger partial charge is 0.455 e. The van der Waals surface area contributed by atoms with Crippen LogP contribution in [0, 0.1) is 0 Å². The van der Waals surface area contributed by atoms with Gasteiger partial charge in [-0.25, -0.2) is 9.78 Å². The number of carbonyl (C=O) groups excluding carboxylic acids is 1. The van der Waals surface area contributed by atoms with Crippen LogP contribution in [0.3, 0.4) is 0 Å². The first-order chi connectivity index (χ1) is 7.97. The molecule has 0 saturated heterocycles. The average Bonchev–Trinajstić information content (AvgIpc) is 2.26. The first-order valence-electron chi connectivity index (χ1n) is 5.92. The zero-order valence-electron chi connectivity index (χ0n) is 10.5. The van der Waals surface area contributed by atoms with Gasteiger partial charge in [0.15, 0.2) is 5.69 Å². The molecule has 0 bridgehead atoms. The van der Waals surface area contributed by atoms with Crippen molar-refractivity contribution in [2.45, 2.75) is 39.2 Å². The molecule has 0 radical (unpaired) electrons. The van der Waals surface area contributed by atoms with E-state index in [2.05, 4.69) is 10.3 Å². The lowest BCUT2D eigenvalue weighted by Gasteiger charge is -2.23. The number of hydrogen-bond acceptors (Lipinski definition) is 4. The molecule has 4 heteroatoms. The molecule has 0 spiro atoms. The van der Waals surface area contributed by atoms with Gasteiger partial charge < -0.3 is 10.1 Å². The Morgan fingerprint density at radius 3 is 2.94 bits per heavy atom. The highest BCUT2D eigenvalue weighted by Gasteiger charge is 2.24. The van der Waals surface area contributed by atoms with Gasteiger partial charge in [-0.1, -0.05) is 0 Å². The lowest BCUT2D eigenvalue weighted by atomic mass is 10.0. The highest BCUT2D eigenvalue weighted by Crippen LogP contribution is 2.25. The number of nitrogens with zero attached hydrogens (tertiary/aromatic N) is 1. The van der Waals surface area contributed by atoms with Gasteiger partial charge in [0.1, 0.15) is 5.60 Å². The van der Waals surface area contributed by atoms with Crippen LogP contribution in [-0.2, 0) is 11.2 Å². The van der Waals surface area contributed by atoms with E-state index in [4.69, 9.17) is 4.74 Å². The summed E-state index contributed by atoms with van der Waals surface area (Å²) in [5.41, 5.74) is 1.95. The predicted octanol–water partition coefficient (Wildman–Crippen LogP) is 2.39. The third-order valence-electron chi connectivity index (χ3n) is 2.57. The minimum Gasteiger partial charge on any atom is -0.455 e. The number of fused-ring (bicyclic) bond motifs is 1. The summed E-state index contributed by atoms with van der Waals surface area (Å²) in [6.07, 6.45) is 3.55. The molecule has 1 N–H and O–H groups in total. The maximum Gasteiger partial charge on any atom is 0.357 e. The van der Waals surface area contributed by atoms with E-state index in [1.165, 1.54) is 0 Å². The highest BCUT2D eigenvalue weighted by atomic mass is 16.6. The monoisotopic (exact) mass is 234 g/mol. The van der Waals surface area contributed by atoms with Crippen LogP contribution in [0.15, 0.2) is 12.3 Å². The number of anilines is 1. The third-order valence-corrected chi connectivity index (χ3v) is 2.57. The van der Waals surface area contributed by atoms with E-state index in [-0.39, 0.29) is 5.97 Å². The van der Waals surface area contributed by atoms with Crippen molar-refractivity contribution < 1.29 is 9.53 Å². The van der Waals surface area contributed by atoms with Crippen LogP contribution >= 0.6 is 0 Å². The molecule has 2 heterocycles. The molecule has 0 atom stereocenters. The molecule has 0 saturated carbocycles. The summed E-state index contributed by atoms with van der Waals surface area (Å²) in [5.74, 6) is -0.335. The van der Waals surface area contributed by atoms with Crippen LogP contribution in [0.25, 0.3) is 0 Å². The molecular formula is C13H18N2O2. The lowest BCUT2D eigenvalue weighted by Crippen LogP contribution is -2.26. The molecule has 0 aromatic carbocycles. The van der Waals surface area contributed by atoms with E-state index >= 15 is 0 Å². The van der Waals surface area contributed by atoms with E-state index in [0.717, 1.165) is 30.6 Å². The first kappa shape index (κ1) is 11.9. The van der Waals surface area contributed by atoms with Crippen molar-refractivity contribution in [3.63, 3.8) is 0 Å². The molecule has 1 aliphatic rings. The smallest absolute Gasteiger partial charge is 0.357 e. The van der Waals surface area contributed by atoms with Crippen molar-refractivity contribution in [3.05, 3.63) is 23.5 Å². The predicted molar refractivity (Wildman–Crippen MR) is 66.2 cm³/mol. The minimum absolute atomic E-state index is 0.335. The average molecular weight is 234 g/mol. The van der Waals surface area contributed by atoms with Crippen LogP contribution in [0.5, 0.6) is 0 Å². The van der Waals surface area contributed by atoms with Gasteiger partial charge in [0.25, 0.3) is 0 Å². The van der Waals surface area contributed by atoms with Gasteiger partial charge in [0, 0.05) is 24.0 Å². The Labute approximate surface area is 101 Å². The fourth-order valence-electron chi connectivity index (χ4n) is 1.90. The topological polar surface area (TPSA) is 51.2 Å². The fraction of sp³-hybridized carbons (Fsp3) is 0.538. The number of hydrogen-bond donors (Lipinski definition) is 1. The number of carbonyl (C=O) groups is 1. The number of aromatic nitrogens is 1. The number of ether oxygens (including phenoxy) is 1. The second-order valence-electron chi connectivity index (χ2n) is 5.22. The van der Waals surface area contributed by atoms with Gasteiger partial charge in [0.2, 0.25) is 0 Å². The molecule has 1 aromatic rings. The molecule has 1 aromatic heterocycles. The van der Waals surface area contributed by atoms with E-state index in [1.807, 2.05) is 26.8 Å². The number of pyridine rings is 1. The van der Waals surface area contributed by atoms with Gasteiger partial charge in [-0.2, -0.15) is 0 Å². The normalized spacial score (nSPS) is 14.8. The molecule has 0 unspecified atom stereocenters. The maximum atomic E-state index is 12.0. The Bertz CT molecular complexity index is 436. The second kappa shape index (κ2) is 4.35. The van der Waals surface area contributed by atoms with E-state index in [0.29, 0.717) is 5.69 Å². The highest BCUT2D eigenvalue weighted by molar-refractivity contribution is 5.91. The summed E-state index contributed by atoms with van der Waals surface area (Å²) in [4.78, 5) is 16.2. The standard InChI is InChI=1S/C13H18N2O2/c1-13(2,3)17-12(16)11-9-5-4-7-14-10(9)6-8-15-11/h6,8,14H,4-5,7H2,1-3H3. The van der Waals surface area contributed by atoms with Gasteiger partial charge in [-0.15, -0.1) is 0 Å². The van der Waals surface area contributed by atoms with Crippen molar-refractivity contribution in [2.75, 3.05) is 11.9 Å². The molecule has 0 amide bonds. The molecule has 0 fully saturated rings. The van der Waals surface area contributed by atoms with Crippen molar-refractivity contribution in [1.82, 2.24) is 4.98 Å². The van der Waals surface area contributed by atoms with Gasteiger partial charge in [-0.3, -0.25) is 0 Å². The molecule has 92 valence electrons. The zero-order chi connectivity index (χ0) is 12.5. The third kappa shape index (κ3) is 2.75. The number of nitrogens with one attached hydrogen (secondary N) is 1. The van der Waals surface area contributed by atoms with Crippen LogP contribution in [0.1, 0.15) is 43.2 Å². The minimum atomic E-state index is -0.483. The van der Waals surface area contributed by atoms with E-state index < -0.39 is 5.60 Å². The van der Waals surface area contributed by atoms with Crippen LogP contribution < -0.4 is 5.32 Å². The molecular weight excluding hydrogens is 216 g/mol. The summed E-state index contributed by atoms with van der Waals surface area (Å²) in [5, 5.41) is 3.27. The zero-order valence-corrected chi connectivity index (χ0v) is 10.5. The van der Waals surface area contributed by atoms with Gasteiger partial charge in [-0.05, 0) is 39.7 Å². The van der Waals surface area contributed by atoms with Crippen molar-refractivity contribution in [1.29, 1.82) is 0 Å².